The maximum Gasteiger partial charge on any atom is 0.205 e. The van der Waals surface area contributed by atoms with Gasteiger partial charge >= 0.3 is 0 Å². The van der Waals surface area contributed by atoms with Gasteiger partial charge in [-0.2, -0.15) is 10.3 Å². The molecular weight excluding hydrogens is 220 g/mol. The number of rotatable bonds is 6. The van der Waals surface area contributed by atoms with E-state index in [0.717, 1.165) is 12.3 Å². The highest BCUT2D eigenvalue weighted by Gasteiger charge is 2.25. The van der Waals surface area contributed by atoms with Gasteiger partial charge in [0.15, 0.2) is 0 Å². The first-order valence-corrected chi connectivity index (χ1v) is 7.66. The van der Waals surface area contributed by atoms with Crippen LogP contribution in [0.15, 0.2) is 4.99 Å². The number of nitriles is 1. The molecule has 0 aromatic carbocycles. The molecule has 0 aromatic heterocycles. The van der Waals surface area contributed by atoms with Gasteiger partial charge in [0, 0.05) is 5.71 Å². The van der Waals surface area contributed by atoms with Crippen LogP contribution in [0, 0.1) is 29.2 Å². The van der Waals surface area contributed by atoms with E-state index in [1.165, 1.54) is 50.7 Å². The van der Waals surface area contributed by atoms with Crippen LogP contribution in [-0.2, 0) is 0 Å². The van der Waals surface area contributed by atoms with Crippen molar-refractivity contribution in [2.45, 2.75) is 72.1 Å². The zero-order valence-corrected chi connectivity index (χ0v) is 12.3. The molecule has 0 spiro atoms. The molecule has 1 fully saturated rings. The van der Waals surface area contributed by atoms with E-state index in [9.17, 15) is 0 Å². The zero-order chi connectivity index (χ0) is 13.4. The second-order valence-corrected chi connectivity index (χ2v) is 5.94. The van der Waals surface area contributed by atoms with Gasteiger partial charge in [-0.1, -0.05) is 52.9 Å². The second kappa shape index (κ2) is 8.29. The Bertz CT molecular complexity index is 301. The summed E-state index contributed by atoms with van der Waals surface area (Å²) in [5.74, 6) is 2.11. The highest BCUT2D eigenvalue weighted by Crippen LogP contribution is 2.33. The summed E-state index contributed by atoms with van der Waals surface area (Å²) in [6.07, 6.45) is 12.0. The van der Waals surface area contributed by atoms with Crippen molar-refractivity contribution >= 4 is 5.71 Å². The Balaban J connectivity index is 2.61. The van der Waals surface area contributed by atoms with Gasteiger partial charge in [0.05, 0.1) is 0 Å². The highest BCUT2D eigenvalue weighted by molar-refractivity contribution is 5.87. The molecular formula is C16H28N2. The Morgan fingerprint density at radius 1 is 1.39 bits per heavy atom. The predicted molar refractivity (Wildman–Crippen MR) is 77.5 cm³/mol. The van der Waals surface area contributed by atoms with Gasteiger partial charge in [-0.25, -0.2) is 0 Å². The zero-order valence-electron chi connectivity index (χ0n) is 12.3. The lowest BCUT2D eigenvalue weighted by Gasteiger charge is -2.30. The minimum Gasteiger partial charge on any atom is -0.182 e. The standard InChI is InChI=1S/C16H28N2/c1-4-7-13(3)10-16(18-12-17)15-9-6-8-14(5-2)11-15/h13-15H,4-11H2,1-3H3. The van der Waals surface area contributed by atoms with E-state index in [4.69, 9.17) is 5.26 Å². The molecule has 1 aliphatic carbocycles. The molecule has 0 aromatic rings. The normalized spacial score (nSPS) is 26.7. The molecule has 0 heterocycles. The lowest BCUT2D eigenvalue weighted by atomic mass is 9.76. The quantitative estimate of drug-likeness (QED) is 0.484. The fourth-order valence-electron chi connectivity index (χ4n) is 3.28. The smallest absolute Gasteiger partial charge is 0.182 e. The SMILES string of the molecule is CCCC(C)CC(=NC#N)C1CCCC(CC)C1. The van der Waals surface area contributed by atoms with E-state index in [2.05, 4.69) is 25.8 Å². The van der Waals surface area contributed by atoms with Crippen molar-refractivity contribution < 1.29 is 0 Å². The van der Waals surface area contributed by atoms with Gasteiger partial charge < -0.3 is 0 Å². The summed E-state index contributed by atoms with van der Waals surface area (Å²) in [5, 5.41) is 8.90. The lowest BCUT2D eigenvalue weighted by Crippen LogP contribution is -2.24. The van der Waals surface area contributed by atoms with Crippen LogP contribution >= 0.6 is 0 Å². The molecule has 0 N–H and O–H groups in total. The third-order valence-electron chi connectivity index (χ3n) is 4.36. The van der Waals surface area contributed by atoms with Crippen molar-refractivity contribution in [3.05, 3.63) is 0 Å². The summed E-state index contributed by atoms with van der Waals surface area (Å²) in [5.41, 5.74) is 1.19. The fourth-order valence-corrected chi connectivity index (χ4v) is 3.28. The van der Waals surface area contributed by atoms with Crippen LogP contribution in [-0.4, -0.2) is 5.71 Å². The first-order chi connectivity index (χ1) is 8.71. The average molecular weight is 248 g/mol. The van der Waals surface area contributed by atoms with Gasteiger partial charge in [-0.3, -0.25) is 0 Å². The van der Waals surface area contributed by atoms with E-state index < -0.39 is 0 Å². The molecule has 3 unspecified atom stereocenters. The molecule has 0 amide bonds. The van der Waals surface area contributed by atoms with Gasteiger partial charge in [0.25, 0.3) is 0 Å². The van der Waals surface area contributed by atoms with Crippen molar-refractivity contribution in [1.29, 1.82) is 5.26 Å². The van der Waals surface area contributed by atoms with E-state index >= 15 is 0 Å². The summed E-state index contributed by atoms with van der Waals surface area (Å²) in [6.45, 7) is 6.80. The second-order valence-electron chi connectivity index (χ2n) is 5.94. The van der Waals surface area contributed by atoms with Gasteiger partial charge in [0.2, 0.25) is 6.19 Å². The molecule has 0 saturated heterocycles. The van der Waals surface area contributed by atoms with Crippen molar-refractivity contribution in [3.8, 4) is 6.19 Å². The summed E-state index contributed by atoms with van der Waals surface area (Å²) in [6, 6.07) is 0. The lowest BCUT2D eigenvalue weighted by molar-refractivity contribution is 0.306. The Kier molecular flexibility index (Phi) is 7.01. The predicted octanol–water partition coefficient (Wildman–Crippen LogP) is 4.95. The number of hydrogen-bond acceptors (Lipinski definition) is 2. The number of hydrogen-bond donors (Lipinski definition) is 0. The molecule has 0 radical (unpaired) electrons. The summed E-state index contributed by atoms with van der Waals surface area (Å²) < 4.78 is 0. The van der Waals surface area contributed by atoms with Gasteiger partial charge in [-0.05, 0) is 37.0 Å². The van der Waals surface area contributed by atoms with Crippen molar-refractivity contribution in [3.63, 3.8) is 0 Å². The maximum absolute atomic E-state index is 8.90. The third-order valence-corrected chi connectivity index (χ3v) is 4.36. The fraction of sp³-hybridized carbons (Fsp3) is 0.875. The first kappa shape index (κ1) is 15.2. The van der Waals surface area contributed by atoms with Crippen LogP contribution in [0.25, 0.3) is 0 Å². The minimum atomic E-state index is 0.586. The van der Waals surface area contributed by atoms with E-state index in [1.54, 1.807) is 0 Å². The monoisotopic (exact) mass is 248 g/mol. The summed E-state index contributed by atoms with van der Waals surface area (Å²) >= 11 is 0. The summed E-state index contributed by atoms with van der Waals surface area (Å²) in [7, 11) is 0. The number of aliphatic imine (C=N–C) groups is 1. The molecule has 1 rings (SSSR count). The maximum atomic E-state index is 8.90. The Hall–Kier alpha value is -0.840. The third kappa shape index (κ3) is 4.80. The molecule has 3 atom stereocenters. The van der Waals surface area contributed by atoms with Crippen LogP contribution in [0.4, 0.5) is 0 Å². The van der Waals surface area contributed by atoms with Gasteiger partial charge in [-0.15, -0.1) is 0 Å². The molecule has 18 heavy (non-hydrogen) atoms. The Morgan fingerprint density at radius 3 is 2.78 bits per heavy atom. The largest absolute Gasteiger partial charge is 0.205 e. The first-order valence-electron chi connectivity index (χ1n) is 7.66. The van der Waals surface area contributed by atoms with E-state index in [-0.39, 0.29) is 0 Å². The molecule has 102 valence electrons. The van der Waals surface area contributed by atoms with Crippen LogP contribution < -0.4 is 0 Å². The topological polar surface area (TPSA) is 36.1 Å². The molecule has 1 saturated carbocycles. The molecule has 1 aliphatic rings. The van der Waals surface area contributed by atoms with Crippen LogP contribution in [0.1, 0.15) is 72.1 Å². The number of nitrogens with zero attached hydrogens (tertiary/aromatic N) is 2. The van der Waals surface area contributed by atoms with Crippen LogP contribution in [0.5, 0.6) is 0 Å². The molecule has 0 aliphatic heterocycles. The Labute approximate surface area is 112 Å². The highest BCUT2D eigenvalue weighted by atomic mass is 14.7. The van der Waals surface area contributed by atoms with Gasteiger partial charge in [0.1, 0.15) is 0 Å². The molecule has 2 heteroatoms. The summed E-state index contributed by atoms with van der Waals surface area (Å²) in [4.78, 5) is 4.16. The average Bonchev–Trinajstić information content (AvgIpc) is 2.38. The van der Waals surface area contributed by atoms with Crippen molar-refractivity contribution in [2.75, 3.05) is 0 Å². The van der Waals surface area contributed by atoms with E-state index in [0.29, 0.717) is 11.8 Å². The van der Waals surface area contributed by atoms with E-state index in [1.807, 2.05) is 6.19 Å². The Morgan fingerprint density at radius 2 is 2.17 bits per heavy atom. The molecule has 2 nitrogen and oxygen atoms in total. The van der Waals surface area contributed by atoms with Crippen LogP contribution in [0.2, 0.25) is 0 Å². The minimum absolute atomic E-state index is 0.586. The van der Waals surface area contributed by atoms with Crippen molar-refractivity contribution in [1.82, 2.24) is 0 Å². The van der Waals surface area contributed by atoms with Crippen molar-refractivity contribution in [2.24, 2.45) is 22.7 Å². The molecule has 0 bridgehead atoms. The van der Waals surface area contributed by atoms with Crippen LogP contribution in [0.3, 0.4) is 0 Å².